The van der Waals surface area contributed by atoms with Gasteiger partial charge in [0.05, 0.1) is 11.3 Å². The molecule has 162 valence electrons. The fourth-order valence-corrected chi connectivity index (χ4v) is 3.94. The SMILES string of the molecule is O=C1NN(c2ccccc2)C(=O)C1=Cc1cn(Cc2ccc(C(=O)O)cc2)c2ccccc12. The van der Waals surface area contributed by atoms with Gasteiger partial charge < -0.3 is 9.67 Å². The number of hydrogen-bond donors (Lipinski definition) is 2. The molecular formula is C26H19N3O4. The topological polar surface area (TPSA) is 91.6 Å². The van der Waals surface area contributed by atoms with Gasteiger partial charge in [0.2, 0.25) is 0 Å². The van der Waals surface area contributed by atoms with Crippen molar-refractivity contribution in [2.24, 2.45) is 0 Å². The van der Waals surface area contributed by atoms with Crippen LogP contribution in [0.5, 0.6) is 0 Å². The van der Waals surface area contributed by atoms with Crippen LogP contribution in [0.3, 0.4) is 0 Å². The van der Waals surface area contributed by atoms with Gasteiger partial charge in [-0.05, 0) is 42.0 Å². The van der Waals surface area contributed by atoms with Crippen LogP contribution in [0.2, 0.25) is 0 Å². The predicted octanol–water partition coefficient (Wildman–Crippen LogP) is 3.85. The van der Waals surface area contributed by atoms with Crippen molar-refractivity contribution >= 4 is 40.4 Å². The Morgan fingerprint density at radius 3 is 2.33 bits per heavy atom. The van der Waals surface area contributed by atoms with Crippen molar-refractivity contribution in [1.82, 2.24) is 9.99 Å². The third kappa shape index (κ3) is 3.76. The zero-order chi connectivity index (χ0) is 22.9. The van der Waals surface area contributed by atoms with Crippen LogP contribution in [0.4, 0.5) is 5.69 Å². The third-order valence-electron chi connectivity index (χ3n) is 5.58. The first kappa shape index (κ1) is 20.3. The standard InChI is InChI=1S/C26H19N3O4/c30-24-22(25(31)29(27-24)20-6-2-1-3-7-20)14-19-16-28(23-9-5-4-8-21(19)23)15-17-10-12-18(13-11-17)26(32)33/h1-14,16H,15H2,(H,27,30)(H,32,33). The number of anilines is 1. The Morgan fingerprint density at radius 1 is 0.909 bits per heavy atom. The number of benzene rings is 3. The van der Waals surface area contributed by atoms with Crippen molar-refractivity contribution in [3.8, 4) is 0 Å². The molecule has 7 nitrogen and oxygen atoms in total. The van der Waals surface area contributed by atoms with Crippen molar-refractivity contribution in [2.75, 3.05) is 5.01 Å². The van der Waals surface area contributed by atoms with E-state index >= 15 is 0 Å². The molecule has 0 saturated carbocycles. The van der Waals surface area contributed by atoms with Crippen LogP contribution < -0.4 is 10.4 Å². The highest BCUT2D eigenvalue weighted by atomic mass is 16.4. The smallest absolute Gasteiger partial charge is 0.335 e. The quantitative estimate of drug-likeness (QED) is 0.367. The fourth-order valence-electron chi connectivity index (χ4n) is 3.94. The lowest BCUT2D eigenvalue weighted by Gasteiger charge is -2.13. The Bertz CT molecular complexity index is 1420. The van der Waals surface area contributed by atoms with E-state index in [4.69, 9.17) is 5.11 Å². The van der Waals surface area contributed by atoms with Crippen LogP contribution in [-0.2, 0) is 16.1 Å². The fraction of sp³-hybridized carbons (Fsp3) is 0.0385. The summed E-state index contributed by atoms with van der Waals surface area (Å²) in [5.41, 5.74) is 6.13. The summed E-state index contributed by atoms with van der Waals surface area (Å²) in [5.74, 6) is -1.83. The second kappa shape index (κ2) is 8.12. The maximum absolute atomic E-state index is 13.0. The Balaban J connectivity index is 1.50. The molecule has 33 heavy (non-hydrogen) atoms. The second-order valence-corrected chi connectivity index (χ2v) is 7.71. The second-order valence-electron chi connectivity index (χ2n) is 7.71. The van der Waals surface area contributed by atoms with Gasteiger partial charge in [-0.15, -0.1) is 0 Å². The summed E-state index contributed by atoms with van der Waals surface area (Å²) in [7, 11) is 0. The molecule has 2 N–H and O–H groups in total. The van der Waals surface area contributed by atoms with Crippen molar-refractivity contribution in [1.29, 1.82) is 0 Å². The zero-order valence-corrected chi connectivity index (χ0v) is 17.4. The van der Waals surface area contributed by atoms with E-state index < -0.39 is 17.8 Å². The number of rotatable bonds is 5. The Hall–Kier alpha value is -4.65. The molecule has 7 heteroatoms. The molecule has 2 heterocycles. The van der Waals surface area contributed by atoms with Crippen LogP contribution in [-0.4, -0.2) is 27.5 Å². The lowest BCUT2D eigenvalue weighted by Crippen LogP contribution is -2.35. The van der Waals surface area contributed by atoms with Crippen LogP contribution in [0.1, 0.15) is 21.5 Å². The van der Waals surface area contributed by atoms with Crippen molar-refractivity contribution in [2.45, 2.75) is 6.54 Å². The highest BCUT2D eigenvalue weighted by Gasteiger charge is 2.34. The van der Waals surface area contributed by atoms with E-state index in [2.05, 4.69) is 5.43 Å². The third-order valence-corrected chi connectivity index (χ3v) is 5.58. The number of hydrogen-bond acceptors (Lipinski definition) is 3. The summed E-state index contributed by atoms with van der Waals surface area (Å²) in [6.07, 6.45) is 3.52. The molecule has 0 atom stereocenters. The average molecular weight is 437 g/mol. The van der Waals surface area contributed by atoms with Gasteiger partial charge in [0.15, 0.2) is 0 Å². The number of fused-ring (bicyclic) bond motifs is 1. The van der Waals surface area contributed by atoms with E-state index in [1.54, 1.807) is 54.6 Å². The van der Waals surface area contributed by atoms with Gasteiger partial charge >= 0.3 is 5.97 Å². The van der Waals surface area contributed by atoms with Gasteiger partial charge in [-0.1, -0.05) is 48.5 Å². The van der Waals surface area contributed by atoms with Gasteiger partial charge in [0, 0.05) is 29.2 Å². The molecule has 0 unspecified atom stereocenters. The van der Waals surface area contributed by atoms with E-state index in [0.29, 0.717) is 12.2 Å². The summed E-state index contributed by atoms with van der Waals surface area (Å²) in [5, 5.41) is 11.3. The lowest BCUT2D eigenvalue weighted by atomic mass is 10.1. The molecule has 0 spiro atoms. The van der Waals surface area contributed by atoms with Crippen LogP contribution >= 0.6 is 0 Å². The minimum absolute atomic E-state index is 0.0626. The normalized spacial score (nSPS) is 14.8. The number of para-hydroxylation sites is 2. The van der Waals surface area contributed by atoms with Crippen molar-refractivity contribution in [3.63, 3.8) is 0 Å². The number of nitrogens with one attached hydrogen (secondary N) is 1. The Kier molecular flexibility index (Phi) is 4.99. The molecule has 2 amide bonds. The van der Waals surface area contributed by atoms with Gasteiger partial charge in [-0.3, -0.25) is 15.0 Å². The van der Waals surface area contributed by atoms with Crippen LogP contribution in [0, 0.1) is 0 Å². The summed E-state index contributed by atoms with van der Waals surface area (Å²) < 4.78 is 2.02. The molecular weight excluding hydrogens is 418 g/mol. The largest absolute Gasteiger partial charge is 0.478 e. The molecule has 1 fully saturated rings. The maximum atomic E-state index is 13.0. The molecule has 5 rings (SSSR count). The number of carbonyl (C=O) groups is 3. The number of aromatic carboxylic acids is 1. The average Bonchev–Trinajstić information content (AvgIpc) is 3.32. The highest BCUT2D eigenvalue weighted by molar-refractivity contribution is 6.32. The van der Waals surface area contributed by atoms with Crippen LogP contribution in [0.15, 0.2) is 90.6 Å². The van der Waals surface area contributed by atoms with E-state index in [1.165, 1.54) is 5.01 Å². The van der Waals surface area contributed by atoms with Crippen LogP contribution in [0.25, 0.3) is 17.0 Å². The summed E-state index contributed by atoms with van der Waals surface area (Å²) >= 11 is 0. The molecule has 1 aliphatic rings. The minimum Gasteiger partial charge on any atom is -0.478 e. The number of carboxylic acid groups (broad SMARTS) is 1. The van der Waals surface area contributed by atoms with E-state index in [1.807, 2.05) is 41.1 Å². The molecule has 4 aromatic rings. The van der Waals surface area contributed by atoms with Gasteiger partial charge in [0.1, 0.15) is 5.57 Å². The van der Waals surface area contributed by atoms with E-state index in [9.17, 15) is 14.4 Å². The van der Waals surface area contributed by atoms with Gasteiger partial charge in [-0.2, -0.15) is 0 Å². The predicted molar refractivity (Wildman–Crippen MR) is 124 cm³/mol. The number of amides is 2. The zero-order valence-electron chi connectivity index (χ0n) is 17.4. The lowest BCUT2D eigenvalue weighted by molar-refractivity contribution is -0.117. The van der Waals surface area contributed by atoms with Crippen molar-refractivity contribution in [3.05, 3.63) is 107 Å². The maximum Gasteiger partial charge on any atom is 0.335 e. The molecule has 3 aromatic carbocycles. The first-order chi connectivity index (χ1) is 16.0. The number of aromatic nitrogens is 1. The first-order valence-electron chi connectivity index (χ1n) is 10.3. The summed E-state index contributed by atoms with van der Waals surface area (Å²) in [4.78, 5) is 36.7. The summed E-state index contributed by atoms with van der Waals surface area (Å²) in [6, 6.07) is 23.4. The Morgan fingerprint density at radius 2 is 1.61 bits per heavy atom. The van der Waals surface area contributed by atoms with Gasteiger partial charge in [-0.25, -0.2) is 9.80 Å². The molecule has 0 bridgehead atoms. The van der Waals surface area contributed by atoms with Crippen molar-refractivity contribution < 1.29 is 19.5 Å². The minimum atomic E-state index is -0.967. The Labute approximate surface area is 189 Å². The highest BCUT2D eigenvalue weighted by Crippen LogP contribution is 2.27. The van der Waals surface area contributed by atoms with E-state index in [-0.39, 0.29) is 11.1 Å². The first-order valence-corrected chi connectivity index (χ1v) is 10.3. The van der Waals surface area contributed by atoms with Gasteiger partial charge in [0.25, 0.3) is 11.8 Å². The molecule has 1 aliphatic heterocycles. The molecule has 0 radical (unpaired) electrons. The number of nitrogens with zero attached hydrogens (tertiary/aromatic N) is 2. The molecule has 1 saturated heterocycles. The monoisotopic (exact) mass is 437 g/mol. The molecule has 0 aliphatic carbocycles. The summed E-state index contributed by atoms with van der Waals surface area (Å²) in [6.45, 7) is 0.514. The molecule has 1 aromatic heterocycles. The number of carbonyl (C=O) groups excluding carboxylic acids is 2. The van der Waals surface area contributed by atoms with E-state index in [0.717, 1.165) is 22.0 Å². The number of hydrazine groups is 1. The number of carboxylic acids is 1.